The lowest BCUT2D eigenvalue weighted by Gasteiger charge is -2.41. The molecule has 1 heterocycles. The third-order valence-corrected chi connectivity index (χ3v) is 6.26. The zero-order chi connectivity index (χ0) is 22.2. The van der Waals surface area contributed by atoms with Gasteiger partial charge in [0.25, 0.3) is 0 Å². The van der Waals surface area contributed by atoms with E-state index in [0.29, 0.717) is 44.3 Å². The molecule has 1 aliphatic carbocycles. The molecule has 168 valence electrons. The van der Waals surface area contributed by atoms with Crippen LogP contribution in [0.1, 0.15) is 52.9 Å². The van der Waals surface area contributed by atoms with Crippen LogP contribution in [0, 0.1) is 5.41 Å². The number of hydrogen-bond donors (Lipinski definition) is 1. The fourth-order valence-corrected chi connectivity index (χ4v) is 4.17. The number of halogens is 3. The average molecular weight is 429 g/mol. The van der Waals surface area contributed by atoms with E-state index in [2.05, 4.69) is 0 Å². The lowest BCUT2D eigenvalue weighted by molar-refractivity contribution is -0.189. The molecule has 0 unspecified atom stereocenters. The molecule has 0 radical (unpaired) electrons. The van der Waals surface area contributed by atoms with E-state index in [1.807, 2.05) is 13.8 Å². The first-order valence-electron chi connectivity index (χ1n) is 10.4. The van der Waals surface area contributed by atoms with E-state index in [0.717, 1.165) is 6.92 Å². The zero-order valence-corrected chi connectivity index (χ0v) is 17.7. The second kappa shape index (κ2) is 8.38. The average Bonchev–Trinajstić information content (AvgIpc) is 2.99. The van der Waals surface area contributed by atoms with E-state index < -0.39 is 23.3 Å². The minimum Gasteiger partial charge on any atom is -0.481 e. The summed E-state index contributed by atoms with van der Waals surface area (Å²) in [5, 5.41) is 10.7. The molecule has 1 saturated carbocycles. The van der Waals surface area contributed by atoms with Crippen molar-refractivity contribution in [3.63, 3.8) is 0 Å². The van der Waals surface area contributed by atoms with Crippen molar-refractivity contribution in [2.24, 2.45) is 5.41 Å². The van der Waals surface area contributed by atoms with Gasteiger partial charge in [-0.05, 0) is 77.1 Å². The number of hydrogen-bond acceptors (Lipinski definition) is 4. The first-order chi connectivity index (χ1) is 13.9. The molecular weight excluding hydrogens is 399 g/mol. The standard InChI is InChI=1S/C22H30F3NO4/c1-15(2)29-14-21(28)10-8-20(9-11-21)12-13-26(19(20)27)17-4-6-18(7-5-17)30-16(3)22(23,24)25/h4-7,15-16,28H,8-14H2,1-3H3/t16-,20-,21-/m0/s1. The summed E-state index contributed by atoms with van der Waals surface area (Å²) >= 11 is 0. The van der Waals surface area contributed by atoms with Gasteiger partial charge in [-0.2, -0.15) is 13.2 Å². The molecule has 5 nitrogen and oxygen atoms in total. The maximum Gasteiger partial charge on any atom is 0.425 e. The van der Waals surface area contributed by atoms with Gasteiger partial charge in [-0.1, -0.05) is 0 Å². The summed E-state index contributed by atoms with van der Waals surface area (Å²) in [6.07, 6.45) is -3.35. The van der Waals surface area contributed by atoms with E-state index >= 15 is 0 Å². The summed E-state index contributed by atoms with van der Waals surface area (Å²) in [6.45, 7) is 5.63. The Bertz CT molecular complexity index is 740. The Kier molecular flexibility index (Phi) is 6.39. The molecule has 2 fully saturated rings. The van der Waals surface area contributed by atoms with Crippen LogP contribution in [-0.4, -0.2) is 48.2 Å². The number of carbonyl (C=O) groups excluding carboxylic acids is 1. The van der Waals surface area contributed by atoms with Crippen LogP contribution in [0.2, 0.25) is 0 Å². The number of carbonyl (C=O) groups is 1. The number of amides is 1. The maximum absolute atomic E-state index is 13.2. The van der Waals surface area contributed by atoms with Crippen molar-refractivity contribution in [2.75, 3.05) is 18.1 Å². The monoisotopic (exact) mass is 429 g/mol. The van der Waals surface area contributed by atoms with Crippen LogP contribution in [0.15, 0.2) is 24.3 Å². The predicted molar refractivity (Wildman–Crippen MR) is 106 cm³/mol. The van der Waals surface area contributed by atoms with Gasteiger partial charge >= 0.3 is 6.18 Å². The van der Waals surface area contributed by atoms with Crippen molar-refractivity contribution < 1.29 is 32.5 Å². The summed E-state index contributed by atoms with van der Waals surface area (Å²) < 4.78 is 48.5. The Morgan fingerprint density at radius 2 is 1.67 bits per heavy atom. The van der Waals surface area contributed by atoms with Crippen LogP contribution in [-0.2, 0) is 9.53 Å². The molecule has 1 aliphatic heterocycles. The summed E-state index contributed by atoms with van der Waals surface area (Å²) in [4.78, 5) is 14.9. The Morgan fingerprint density at radius 3 is 2.20 bits per heavy atom. The highest BCUT2D eigenvalue weighted by Crippen LogP contribution is 2.48. The van der Waals surface area contributed by atoms with Gasteiger partial charge in [-0.15, -0.1) is 0 Å². The Hall–Kier alpha value is -1.80. The molecule has 1 aromatic rings. The largest absolute Gasteiger partial charge is 0.481 e. The molecule has 8 heteroatoms. The molecule has 0 aromatic heterocycles. The van der Waals surface area contributed by atoms with Crippen molar-refractivity contribution in [2.45, 2.75) is 76.9 Å². The minimum absolute atomic E-state index is 0.0201. The van der Waals surface area contributed by atoms with E-state index in [-0.39, 0.29) is 24.4 Å². The topological polar surface area (TPSA) is 59.0 Å². The molecule has 1 amide bonds. The zero-order valence-electron chi connectivity index (χ0n) is 17.7. The van der Waals surface area contributed by atoms with Gasteiger partial charge in [0.2, 0.25) is 5.91 Å². The maximum atomic E-state index is 13.2. The summed E-state index contributed by atoms with van der Waals surface area (Å²) in [5.74, 6) is 0.129. The van der Waals surface area contributed by atoms with Gasteiger partial charge in [0.15, 0.2) is 6.10 Å². The quantitative estimate of drug-likeness (QED) is 0.725. The second-order valence-corrected chi connectivity index (χ2v) is 8.87. The third kappa shape index (κ3) is 4.91. The van der Waals surface area contributed by atoms with Crippen LogP contribution in [0.3, 0.4) is 0 Å². The normalized spacial score (nSPS) is 28.4. The molecule has 1 saturated heterocycles. The van der Waals surface area contributed by atoms with Gasteiger partial charge in [0.1, 0.15) is 5.75 Å². The number of rotatable bonds is 6. The van der Waals surface area contributed by atoms with Crippen molar-refractivity contribution in [3.8, 4) is 5.75 Å². The highest BCUT2D eigenvalue weighted by molar-refractivity contribution is 6.00. The molecule has 1 N–H and O–H groups in total. The Morgan fingerprint density at radius 1 is 1.07 bits per heavy atom. The van der Waals surface area contributed by atoms with Gasteiger partial charge in [-0.25, -0.2) is 0 Å². The van der Waals surface area contributed by atoms with Crippen LogP contribution >= 0.6 is 0 Å². The van der Waals surface area contributed by atoms with Crippen molar-refractivity contribution in [3.05, 3.63) is 24.3 Å². The fraction of sp³-hybridized carbons (Fsp3) is 0.682. The molecule has 1 atom stereocenters. The highest BCUT2D eigenvalue weighted by atomic mass is 19.4. The van der Waals surface area contributed by atoms with E-state index in [4.69, 9.17) is 9.47 Å². The van der Waals surface area contributed by atoms with Crippen molar-refractivity contribution in [1.82, 2.24) is 0 Å². The van der Waals surface area contributed by atoms with Gasteiger partial charge in [-0.3, -0.25) is 4.79 Å². The minimum atomic E-state index is -4.43. The van der Waals surface area contributed by atoms with Gasteiger partial charge in [0.05, 0.1) is 23.7 Å². The fourth-order valence-electron chi connectivity index (χ4n) is 4.17. The van der Waals surface area contributed by atoms with Crippen LogP contribution in [0.5, 0.6) is 5.75 Å². The SMILES string of the molecule is CC(C)OC[C@]1(O)CC[C@@]2(CCN(c3ccc(O[C@@H](C)C(F)(F)F)cc3)C2=O)CC1. The molecule has 0 bridgehead atoms. The van der Waals surface area contributed by atoms with Crippen molar-refractivity contribution >= 4 is 11.6 Å². The number of alkyl halides is 3. The van der Waals surface area contributed by atoms with Crippen LogP contribution in [0.4, 0.5) is 18.9 Å². The number of ether oxygens (including phenoxy) is 2. The molecule has 30 heavy (non-hydrogen) atoms. The number of anilines is 1. The lowest BCUT2D eigenvalue weighted by atomic mass is 9.68. The number of nitrogens with zero attached hydrogens (tertiary/aromatic N) is 1. The van der Waals surface area contributed by atoms with Gasteiger partial charge in [0, 0.05) is 12.2 Å². The van der Waals surface area contributed by atoms with Gasteiger partial charge < -0.3 is 19.5 Å². The molecular formula is C22H30F3NO4. The van der Waals surface area contributed by atoms with Crippen LogP contribution in [0.25, 0.3) is 0 Å². The molecule has 2 aliphatic rings. The number of benzene rings is 1. The van der Waals surface area contributed by atoms with E-state index in [1.165, 1.54) is 12.1 Å². The summed E-state index contributed by atoms with van der Waals surface area (Å²) in [7, 11) is 0. The molecule has 1 aromatic carbocycles. The Balaban J connectivity index is 1.62. The van der Waals surface area contributed by atoms with E-state index in [1.54, 1.807) is 17.0 Å². The summed E-state index contributed by atoms with van der Waals surface area (Å²) in [6, 6.07) is 6.15. The first-order valence-corrected chi connectivity index (χ1v) is 10.4. The first kappa shape index (κ1) is 22.9. The lowest BCUT2D eigenvalue weighted by Crippen LogP contribution is -2.46. The van der Waals surface area contributed by atoms with Crippen LogP contribution < -0.4 is 9.64 Å². The summed E-state index contributed by atoms with van der Waals surface area (Å²) in [5.41, 5.74) is -0.727. The van der Waals surface area contributed by atoms with E-state index in [9.17, 15) is 23.1 Å². The third-order valence-electron chi connectivity index (χ3n) is 6.26. The number of aliphatic hydroxyl groups is 1. The molecule has 1 spiro atoms. The van der Waals surface area contributed by atoms with Crippen molar-refractivity contribution in [1.29, 1.82) is 0 Å². The second-order valence-electron chi connectivity index (χ2n) is 8.87. The smallest absolute Gasteiger partial charge is 0.425 e. The Labute approximate surface area is 175 Å². The molecule has 3 rings (SSSR count). The predicted octanol–water partition coefficient (Wildman–Crippen LogP) is 4.47. The highest BCUT2D eigenvalue weighted by Gasteiger charge is 2.51.